The molecule has 1 aromatic carbocycles. The molecule has 21 heavy (non-hydrogen) atoms. The Morgan fingerprint density at radius 2 is 1.71 bits per heavy atom. The van der Waals surface area contributed by atoms with Crippen LogP contribution in [0.2, 0.25) is 0 Å². The fourth-order valence-corrected chi connectivity index (χ4v) is 3.07. The summed E-state index contributed by atoms with van der Waals surface area (Å²) in [4.78, 5) is 2.64. The SMILES string of the molecule is CC(C)(CNC(C)(C)C)CN1CCCc2ccccc2C1. The molecule has 0 aliphatic carbocycles. The number of aryl methyl sites for hydroxylation is 1. The zero-order chi connectivity index (χ0) is 15.5. The van der Waals surface area contributed by atoms with Crippen LogP contribution in [0.3, 0.4) is 0 Å². The third-order valence-corrected chi connectivity index (χ3v) is 4.18. The molecule has 2 rings (SSSR count). The van der Waals surface area contributed by atoms with E-state index < -0.39 is 0 Å². The van der Waals surface area contributed by atoms with Crippen molar-refractivity contribution in [2.24, 2.45) is 5.41 Å². The molecule has 1 aliphatic rings. The predicted molar refractivity (Wildman–Crippen MR) is 91.6 cm³/mol. The number of nitrogens with zero attached hydrogens (tertiary/aromatic N) is 1. The molecule has 0 bridgehead atoms. The molecular formula is C19H32N2. The van der Waals surface area contributed by atoms with Crippen molar-refractivity contribution in [3.05, 3.63) is 35.4 Å². The number of nitrogens with one attached hydrogen (secondary N) is 1. The number of fused-ring (bicyclic) bond motifs is 1. The predicted octanol–water partition coefficient (Wildman–Crippen LogP) is 3.85. The number of benzene rings is 1. The van der Waals surface area contributed by atoms with E-state index in [9.17, 15) is 0 Å². The fourth-order valence-electron chi connectivity index (χ4n) is 3.07. The molecule has 0 aromatic heterocycles. The molecule has 1 aromatic rings. The molecular weight excluding hydrogens is 256 g/mol. The Kier molecular flexibility index (Phi) is 5.11. The first-order valence-electron chi connectivity index (χ1n) is 8.29. The Hall–Kier alpha value is -0.860. The van der Waals surface area contributed by atoms with Crippen LogP contribution in [0.15, 0.2) is 24.3 Å². The van der Waals surface area contributed by atoms with Gasteiger partial charge >= 0.3 is 0 Å². The van der Waals surface area contributed by atoms with Crippen molar-refractivity contribution in [2.75, 3.05) is 19.6 Å². The minimum absolute atomic E-state index is 0.197. The van der Waals surface area contributed by atoms with Crippen molar-refractivity contribution in [3.63, 3.8) is 0 Å². The van der Waals surface area contributed by atoms with Gasteiger partial charge in [0.25, 0.3) is 0 Å². The average Bonchev–Trinajstić information content (AvgIpc) is 2.57. The molecule has 0 saturated carbocycles. The van der Waals surface area contributed by atoms with E-state index in [0.29, 0.717) is 5.41 Å². The summed E-state index contributed by atoms with van der Waals surface area (Å²) >= 11 is 0. The van der Waals surface area contributed by atoms with Crippen LogP contribution in [0.25, 0.3) is 0 Å². The maximum Gasteiger partial charge on any atom is 0.0236 e. The minimum atomic E-state index is 0.197. The summed E-state index contributed by atoms with van der Waals surface area (Å²) in [5, 5.41) is 3.66. The lowest BCUT2D eigenvalue weighted by Gasteiger charge is -2.35. The normalized spacial score (nSPS) is 17.4. The van der Waals surface area contributed by atoms with E-state index >= 15 is 0 Å². The van der Waals surface area contributed by atoms with Gasteiger partial charge in [-0.25, -0.2) is 0 Å². The van der Waals surface area contributed by atoms with Gasteiger partial charge in [0, 0.05) is 25.2 Å². The van der Waals surface area contributed by atoms with Gasteiger partial charge in [0.05, 0.1) is 0 Å². The Bertz CT molecular complexity index is 457. The molecule has 0 fully saturated rings. The van der Waals surface area contributed by atoms with Gasteiger partial charge in [-0.05, 0) is 56.7 Å². The highest BCUT2D eigenvalue weighted by Gasteiger charge is 2.25. The van der Waals surface area contributed by atoms with Gasteiger partial charge < -0.3 is 5.32 Å². The first-order chi connectivity index (χ1) is 9.75. The molecule has 0 radical (unpaired) electrons. The number of hydrogen-bond donors (Lipinski definition) is 1. The summed E-state index contributed by atoms with van der Waals surface area (Å²) in [6, 6.07) is 8.94. The third kappa shape index (κ3) is 5.44. The monoisotopic (exact) mass is 288 g/mol. The van der Waals surface area contributed by atoms with Crippen LogP contribution in [-0.4, -0.2) is 30.1 Å². The second kappa shape index (κ2) is 6.50. The summed E-state index contributed by atoms with van der Waals surface area (Å²) in [5.74, 6) is 0. The van der Waals surface area contributed by atoms with E-state index in [2.05, 4.69) is 69.1 Å². The van der Waals surface area contributed by atoms with E-state index in [1.165, 1.54) is 24.9 Å². The van der Waals surface area contributed by atoms with Crippen LogP contribution in [0.4, 0.5) is 0 Å². The maximum absolute atomic E-state index is 3.66. The van der Waals surface area contributed by atoms with E-state index in [4.69, 9.17) is 0 Å². The summed E-state index contributed by atoms with van der Waals surface area (Å²) in [6.07, 6.45) is 2.51. The quantitative estimate of drug-likeness (QED) is 0.905. The summed E-state index contributed by atoms with van der Waals surface area (Å²) < 4.78 is 0. The second-order valence-electron chi connectivity index (χ2n) is 8.35. The van der Waals surface area contributed by atoms with Crippen molar-refractivity contribution in [1.29, 1.82) is 0 Å². The van der Waals surface area contributed by atoms with E-state index in [1.807, 2.05) is 0 Å². The summed E-state index contributed by atoms with van der Waals surface area (Å²) in [5.41, 5.74) is 3.56. The molecule has 0 unspecified atom stereocenters. The highest BCUT2D eigenvalue weighted by atomic mass is 15.1. The number of rotatable bonds is 4. The highest BCUT2D eigenvalue weighted by Crippen LogP contribution is 2.23. The topological polar surface area (TPSA) is 15.3 Å². The van der Waals surface area contributed by atoms with E-state index in [1.54, 1.807) is 5.56 Å². The largest absolute Gasteiger partial charge is 0.311 e. The zero-order valence-corrected chi connectivity index (χ0v) is 14.5. The van der Waals surface area contributed by atoms with Crippen molar-refractivity contribution >= 4 is 0 Å². The lowest BCUT2D eigenvalue weighted by atomic mass is 9.91. The van der Waals surface area contributed by atoms with Gasteiger partial charge in [-0.15, -0.1) is 0 Å². The Balaban J connectivity index is 1.96. The summed E-state index contributed by atoms with van der Waals surface area (Å²) in [7, 11) is 0. The molecule has 1 heterocycles. The molecule has 118 valence electrons. The molecule has 1 N–H and O–H groups in total. The smallest absolute Gasteiger partial charge is 0.0236 e. The highest BCUT2D eigenvalue weighted by molar-refractivity contribution is 5.28. The van der Waals surface area contributed by atoms with Crippen LogP contribution in [-0.2, 0) is 13.0 Å². The second-order valence-corrected chi connectivity index (χ2v) is 8.35. The molecule has 0 saturated heterocycles. The average molecular weight is 288 g/mol. The van der Waals surface area contributed by atoms with Gasteiger partial charge in [0.15, 0.2) is 0 Å². The third-order valence-electron chi connectivity index (χ3n) is 4.18. The van der Waals surface area contributed by atoms with Gasteiger partial charge in [-0.2, -0.15) is 0 Å². The minimum Gasteiger partial charge on any atom is -0.311 e. The molecule has 0 atom stereocenters. The Morgan fingerprint density at radius 3 is 2.38 bits per heavy atom. The lowest BCUT2D eigenvalue weighted by Crippen LogP contribution is -2.46. The van der Waals surface area contributed by atoms with Crippen LogP contribution >= 0.6 is 0 Å². The maximum atomic E-state index is 3.66. The van der Waals surface area contributed by atoms with Crippen molar-refractivity contribution in [3.8, 4) is 0 Å². The van der Waals surface area contributed by atoms with Crippen LogP contribution in [0.1, 0.15) is 52.2 Å². The van der Waals surface area contributed by atoms with Gasteiger partial charge in [0.1, 0.15) is 0 Å². The molecule has 0 amide bonds. The van der Waals surface area contributed by atoms with Crippen molar-refractivity contribution in [2.45, 2.75) is 59.5 Å². The van der Waals surface area contributed by atoms with Crippen molar-refractivity contribution in [1.82, 2.24) is 10.2 Å². The van der Waals surface area contributed by atoms with E-state index in [-0.39, 0.29) is 5.54 Å². The first-order valence-corrected chi connectivity index (χ1v) is 8.29. The zero-order valence-electron chi connectivity index (χ0n) is 14.5. The van der Waals surface area contributed by atoms with Gasteiger partial charge in [0.2, 0.25) is 0 Å². The number of hydrogen-bond acceptors (Lipinski definition) is 2. The van der Waals surface area contributed by atoms with Crippen LogP contribution < -0.4 is 5.32 Å². The molecule has 2 nitrogen and oxygen atoms in total. The molecule has 2 heteroatoms. The Morgan fingerprint density at radius 1 is 1.05 bits per heavy atom. The van der Waals surface area contributed by atoms with Gasteiger partial charge in [-0.3, -0.25) is 4.90 Å². The van der Waals surface area contributed by atoms with Crippen LogP contribution in [0.5, 0.6) is 0 Å². The fraction of sp³-hybridized carbons (Fsp3) is 0.684. The van der Waals surface area contributed by atoms with Crippen LogP contribution in [0, 0.1) is 5.41 Å². The molecule has 0 spiro atoms. The lowest BCUT2D eigenvalue weighted by molar-refractivity contribution is 0.161. The van der Waals surface area contributed by atoms with Gasteiger partial charge in [-0.1, -0.05) is 38.1 Å². The summed E-state index contributed by atoms with van der Waals surface area (Å²) in [6.45, 7) is 16.0. The first kappa shape index (κ1) is 16.5. The Labute approximate surface area is 130 Å². The molecule has 1 aliphatic heterocycles. The van der Waals surface area contributed by atoms with E-state index in [0.717, 1.165) is 19.6 Å². The van der Waals surface area contributed by atoms with Crippen molar-refractivity contribution < 1.29 is 0 Å². The standard InChI is InChI=1S/C19H32N2/c1-18(2,3)20-14-19(4,5)15-21-12-8-11-16-9-6-7-10-17(16)13-21/h6-7,9-10,20H,8,11-15H2,1-5H3.